The first kappa shape index (κ1) is 13.3. The first-order valence-electron chi connectivity index (χ1n) is 5.57. The fraction of sp³-hybridized carbons (Fsp3) is 0.900. The van der Waals surface area contributed by atoms with E-state index in [-0.39, 0.29) is 25.1 Å². The first-order chi connectivity index (χ1) is 7.70. The molecule has 0 aromatic heterocycles. The highest BCUT2D eigenvalue weighted by Gasteiger charge is 2.19. The van der Waals surface area contributed by atoms with Crippen molar-refractivity contribution in [2.45, 2.75) is 31.7 Å². The van der Waals surface area contributed by atoms with Crippen LogP contribution in [0.4, 0.5) is 8.78 Å². The SMILES string of the molecule is O=C(NCCOCC(F)F)[C@@H]1CCCCN1. The van der Waals surface area contributed by atoms with Crippen molar-refractivity contribution in [2.24, 2.45) is 0 Å². The summed E-state index contributed by atoms with van der Waals surface area (Å²) in [6.45, 7) is 0.698. The van der Waals surface area contributed by atoms with E-state index in [4.69, 9.17) is 0 Å². The van der Waals surface area contributed by atoms with Crippen LogP contribution in [0, 0.1) is 0 Å². The normalized spacial score (nSPS) is 21.1. The van der Waals surface area contributed by atoms with Crippen LogP contribution in [-0.2, 0) is 9.53 Å². The number of hydrogen-bond donors (Lipinski definition) is 2. The zero-order chi connectivity index (χ0) is 11.8. The van der Waals surface area contributed by atoms with E-state index in [1.807, 2.05) is 0 Å². The van der Waals surface area contributed by atoms with Gasteiger partial charge >= 0.3 is 0 Å². The Balaban J connectivity index is 2.01. The van der Waals surface area contributed by atoms with Gasteiger partial charge in [-0.3, -0.25) is 4.79 Å². The molecule has 0 spiro atoms. The number of amides is 1. The highest BCUT2D eigenvalue weighted by Crippen LogP contribution is 2.06. The van der Waals surface area contributed by atoms with Crippen molar-refractivity contribution in [3.8, 4) is 0 Å². The summed E-state index contributed by atoms with van der Waals surface area (Å²) >= 11 is 0. The maximum absolute atomic E-state index is 11.7. The number of halogens is 2. The van der Waals surface area contributed by atoms with Crippen molar-refractivity contribution < 1.29 is 18.3 Å². The Morgan fingerprint density at radius 3 is 2.94 bits per heavy atom. The van der Waals surface area contributed by atoms with Gasteiger partial charge in [0.15, 0.2) is 0 Å². The first-order valence-corrected chi connectivity index (χ1v) is 5.57. The van der Waals surface area contributed by atoms with Crippen LogP contribution in [0.1, 0.15) is 19.3 Å². The van der Waals surface area contributed by atoms with Crippen molar-refractivity contribution in [2.75, 3.05) is 26.3 Å². The van der Waals surface area contributed by atoms with Gasteiger partial charge in [-0.1, -0.05) is 6.42 Å². The molecule has 0 bridgehead atoms. The Morgan fingerprint density at radius 1 is 1.50 bits per heavy atom. The second kappa shape index (κ2) is 7.51. The van der Waals surface area contributed by atoms with Crippen molar-refractivity contribution in [1.29, 1.82) is 0 Å². The molecule has 1 heterocycles. The minimum absolute atomic E-state index is 0.0691. The highest BCUT2D eigenvalue weighted by atomic mass is 19.3. The molecule has 0 unspecified atom stereocenters. The van der Waals surface area contributed by atoms with Gasteiger partial charge in [-0.25, -0.2) is 8.78 Å². The zero-order valence-corrected chi connectivity index (χ0v) is 9.18. The molecule has 1 aliphatic rings. The molecule has 0 aliphatic carbocycles. The molecule has 2 N–H and O–H groups in total. The molecular weight excluding hydrogens is 218 g/mol. The van der Waals surface area contributed by atoms with Gasteiger partial charge in [0.1, 0.15) is 6.61 Å². The van der Waals surface area contributed by atoms with E-state index in [1.165, 1.54) is 0 Å². The third-order valence-corrected chi connectivity index (χ3v) is 2.42. The quantitative estimate of drug-likeness (QED) is 0.661. The molecule has 94 valence electrons. The predicted octanol–water partition coefficient (Wildman–Crippen LogP) is 0.526. The smallest absolute Gasteiger partial charge is 0.261 e. The van der Waals surface area contributed by atoms with Gasteiger partial charge in [-0.05, 0) is 19.4 Å². The van der Waals surface area contributed by atoms with Gasteiger partial charge in [-0.15, -0.1) is 0 Å². The number of carbonyl (C=O) groups excluding carboxylic acids is 1. The lowest BCUT2D eigenvalue weighted by Crippen LogP contribution is -2.47. The number of nitrogens with one attached hydrogen (secondary N) is 2. The molecule has 6 heteroatoms. The average molecular weight is 236 g/mol. The van der Waals surface area contributed by atoms with E-state index in [9.17, 15) is 13.6 Å². The van der Waals surface area contributed by atoms with Gasteiger partial charge in [0, 0.05) is 6.54 Å². The van der Waals surface area contributed by atoms with E-state index in [1.54, 1.807) is 0 Å². The summed E-state index contributed by atoms with van der Waals surface area (Å²) in [5.74, 6) is -0.0691. The van der Waals surface area contributed by atoms with Crippen LogP contribution in [0.5, 0.6) is 0 Å². The standard InChI is InChI=1S/C10H18F2N2O2/c11-9(12)7-16-6-5-14-10(15)8-3-1-2-4-13-8/h8-9,13H,1-7H2,(H,14,15)/t8-/m0/s1. The molecule has 1 fully saturated rings. The third kappa shape index (κ3) is 5.37. The lowest BCUT2D eigenvalue weighted by molar-refractivity contribution is -0.123. The number of hydrogen-bond acceptors (Lipinski definition) is 3. The second-order valence-corrected chi connectivity index (χ2v) is 3.76. The van der Waals surface area contributed by atoms with Crippen molar-refractivity contribution in [3.63, 3.8) is 0 Å². The summed E-state index contributed by atoms with van der Waals surface area (Å²) in [6, 6.07) is -0.135. The molecular formula is C10H18F2N2O2. The van der Waals surface area contributed by atoms with E-state index in [0.717, 1.165) is 25.8 Å². The Bertz CT molecular complexity index is 209. The minimum Gasteiger partial charge on any atom is -0.374 e. The Hall–Kier alpha value is -0.750. The molecule has 4 nitrogen and oxygen atoms in total. The molecule has 1 saturated heterocycles. The molecule has 1 atom stereocenters. The van der Waals surface area contributed by atoms with Crippen LogP contribution in [0.2, 0.25) is 0 Å². The molecule has 0 aromatic carbocycles. The summed E-state index contributed by atoms with van der Waals surface area (Å²) in [5.41, 5.74) is 0. The molecule has 1 rings (SSSR count). The largest absolute Gasteiger partial charge is 0.374 e. The van der Waals surface area contributed by atoms with Gasteiger partial charge < -0.3 is 15.4 Å². The summed E-state index contributed by atoms with van der Waals surface area (Å²) in [6.07, 6.45) is 0.536. The number of piperidine rings is 1. The van der Waals surface area contributed by atoms with Crippen LogP contribution in [-0.4, -0.2) is 44.7 Å². The fourth-order valence-corrected chi connectivity index (χ4v) is 1.62. The van der Waals surface area contributed by atoms with Gasteiger partial charge in [0.2, 0.25) is 5.91 Å². The van der Waals surface area contributed by atoms with Gasteiger partial charge in [0.05, 0.1) is 12.6 Å². The summed E-state index contributed by atoms with van der Waals surface area (Å²) in [7, 11) is 0. The lowest BCUT2D eigenvalue weighted by atomic mass is 10.0. The van der Waals surface area contributed by atoms with E-state index in [0.29, 0.717) is 0 Å². The maximum atomic E-state index is 11.7. The number of ether oxygens (including phenoxy) is 1. The Kier molecular flexibility index (Phi) is 6.25. The molecule has 16 heavy (non-hydrogen) atoms. The van der Waals surface area contributed by atoms with Crippen molar-refractivity contribution in [3.05, 3.63) is 0 Å². The summed E-state index contributed by atoms with van der Waals surface area (Å²) in [5, 5.41) is 5.76. The average Bonchev–Trinajstić information content (AvgIpc) is 2.29. The zero-order valence-electron chi connectivity index (χ0n) is 9.18. The highest BCUT2D eigenvalue weighted by molar-refractivity contribution is 5.81. The molecule has 1 aliphatic heterocycles. The van der Waals surface area contributed by atoms with Crippen LogP contribution in [0.15, 0.2) is 0 Å². The summed E-state index contributed by atoms with van der Waals surface area (Å²) in [4.78, 5) is 11.5. The molecule has 0 saturated carbocycles. The number of carbonyl (C=O) groups is 1. The van der Waals surface area contributed by atoms with Crippen LogP contribution < -0.4 is 10.6 Å². The molecule has 0 aromatic rings. The second-order valence-electron chi connectivity index (χ2n) is 3.76. The van der Waals surface area contributed by atoms with Crippen LogP contribution in [0.3, 0.4) is 0 Å². The molecule has 0 radical (unpaired) electrons. The Morgan fingerprint density at radius 2 is 2.31 bits per heavy atom. The van der Waals surface area contributed by atoms with E-state index < -0.39 is 13.0 Å². The van der Waals surface area contributed by atoms with E-state index in [2.05, 4.69) is 15.4 Å². The van der Waals surface area contributed by atoms with E-state index >= 15 is 0 Å². The van der Waals surface area contributed by atoms with Crippen molar-refractivity contribution in [1.82, 2.24) is 10.6 Å². The van der Waals surface area contributed by atoms with Gasteiger partial charge in [-0.2, -0.15) is 0 Å². The number of alkyl halides is 2. The van der Waals surface area contributed by atoms with Crippen molar-refractivity contribution >= 4 is 5.91 Å². The topological polar surface area (TPSA) is 50.4 Å². The van der Waals surface area contributed by atoms with Gasteiger partial charge in [0.25, 0.3) is 6.43 Å². The Labute approximate surface area is 93.7 Å². The fourth-order valence-electron chi connectivity index (χ4n) is 1.62. The molecule has 1 amide bonds. The number of rotatable bonds is 6. The van der Waals surface area contributed by atoms with Crippen LogP contribution >= 0.6 is 0 Å². The monoisotopic (exact) mass is 236 g/mol. The third-order valence-electron chi connectivity index (χ3n) is 2.42. The predicted molar refractivity (Wildman–Crippen MR) is 55.5 cm³/mol. The lowest BCUT2D eigenvalue weighted by Gasteiger charge is -2.22. The summed E-state index contributed by atoms with van der Waals surface area (Å²) < 4.78 is 28.0. The maximum Gasteiger partial charge on any atom is 0.261 e. The minimum atomic E-state index is -2.45. The van der Waals surface area contributed by atoms with Crippen LogP contribution in [0.25, 0.3) is 0 Å².